The molecule has 0 fully saturated rings. The van der Waals surface area contributed by atoms with Crippen LogP contribution in [0.15, 0.2) is 18.2 Å². The molecule has 1 N–H and O–H groups in total. The van der Waals surface area contributed by atoms with E-state index in [1.165, 1.54) is 6.07 Å². The van der Waals surface area contributed by atoms with Crippen LogP contribution >= 0.6 is 11.8 Å². The lowest BCUT2D eigenvalue weighted by Gasteiger charge is -2.09. The number of hydrogen-bond acceptors (Lipinski definition) is 3. The van der Waals surface area contributed by atoms with E-state index in [0.717, 1.165) is 6.54 Å². The van der Waals surface area contributed by atoms with E-state index in [4.69, 9.17) is 0 Å². The summed E-state index contributed by atoms with van der Waals surface area (Å²) in [5.74, 6) is 0.155. The molecule has 1 atom stereocenters. The molecule has 0 radical (unpaired) electrons. The first-order chi connectivity index (χ1) is 6.22. The Balaban J connectivity index is 2.45. The van der Waals surface area contributed by atoms with Crippen molar-refractivity contribution in [1.29, 1.82) is 0 Å². The highest BCUT2D eigenvalue weighted by molar-refractivity contribution is 7.99. The highest BCUT2D eigenvalue weighted by atomic mass is 32.2. The SMILES string of the molecule is CSC(C)CNc1cccc(F)n1. The predicted molar refractivity (Wildman–Crippen MR) is 55.7 cm³/mol. The van der Waals surface area contributed by atoms with Gasteiger partial charge in [0.1, 0.15) is 5.82 Å². The van der Waals surface area contributed by atoms with Gasteiger partial charge in [0.2, 0.25) is 5.95 Å². The lowest BCUT2D eigenvalue weighted by Crippen LogP contribution is -2.13. The van der Waals surface area contributed by atoms with Crippen molar-refractivity contribution in [2.45, 2.75) is 12.2 Å². The van der Waals surface area contributed by atoms with Crippen molar-refractivity contribution >= 4 is 17.6 Å². The molecule has 1 heterocycles. The van der Waals surface area contributed by atoms with Crippen LogP contribution < -0.4 is 5.32 Å². The molecule has 1 aromatic rings. The summed E-state index contributed by atoms with van der Waals surface area (Å²) in [5, 5.41) is 3.57. The third kappa shape index (κ3) is 3.63. The first kappa shape index (κ1) is 10.3. The van der Waals surface area contributed by atoms with E-state index >= 15 is 0 Å². The van der Waals surface area contributed by atoms with Crippen molar-refractivity contribution in [3.8, 4) is 0 Å². The molecule has 1 unspecified atom stereocenters. The molecule has 0 aromatic carbocycles. The van der Waals surface area contributed by atoms with Gasteiger partial charge in [0, 0.05) is 11.8 Å². The highest BCUT2D eigenvalue weighted by Gasteiger charge is 2.00. The number of halogens is 1. The smallest absolute Gasteiger partial charge is 0.214 e. The van der Waals surface area contributed by atoms with Gasteiger partial charge >= 0.3 is 0 Å². The zero-order valence-electron chi connectivity index (χ0n) is 7.75. The lowest BCUT2D eigenvalue weighted by atomic mass is 10.4. The minimum absolute atomic E-state index is 0.443. The summed E-state index contributed by atoms with van der Waals surface area (Å²) in [6.45, 7) is 2.91. The Morgan fingerprint density at radius 1 is 1.62 bits per heavy atom. The molecule has 1 rings (SSSR count). The Hall–Kier alpha value is -0.770. The minimum Gasteiger partial charge on any atom is -0.369 e. The number of thioether (sulfide) groups is 1. The van der Waals surface area contributed by atoms with Crippen LogP contribution in [-0.2, 0) is 0 Å². The molecule has 13 heavy (non-hydrogen) atoms. The van der Waals surface area contributed by atoms with Crippen molar-refractivity contribution in [3.63, 3.8) is 0 Å². The van der Waals surface area contributed by atoms with E-state index in [9.17, 15) is 4.39 Å². The van der Waals surface area contributed by atoms with Crippen molar-refractivity contribution in [2.75, 3.05) is 18.1 Å². The summed E-state index contributed by atoms with van der Waals surface area (Å²) in [6, 6.07) is 4.74. The number of hydrogen-bond donors (Lipinski definition) is 1. The third-order valence-electron chi connectivity index (χ3n) is 1.69. The Morgan fingerprint density at radius 2 is 2.38 bits per heavy atom. The van der Waals surface area contributed by atoms with Crippen LogP contribution in [-0.4, -0.2) is 23.0 Å². The van der Waals surface area contributed by atoms with E-state index in [0.29, 0.717) is 11.1 Å². The third-order valence-corrected chi connectivity index (χ3v) is 2.66. The van der Waals surface area contributed by atoms with Gasteiger partial charge in [0.15, 0.2) is 0 Å². The van der Waals surface area contributed by atoms with Crippen LogP contribution in [0, 0.1) is 5.95 Å². The summed E-state index contributed by atoms with van der Waals surface area (Å²) in [5.41, 5.74) is 0. The number of aromatic nitrogens is 1. The predicted octanol–water partition coefficient (Wildman–Crippen LogP) is 2.38. The molecule has 2 nitrogen and oxygen atoms in total. The average molecular weight is 200 g/mol. The van der Waals surface area contributed by atoms with Crippen LogP contribution in [0.2, 0.25) is 0 Å². The molecular formula is C9H13FN2S. The van der Waals surface area contributed by atoms with E-state index in [2.05, 4.69) is 17.2 Å². The largest absolute Gasteiger partial charge is 0.369 e. The molecule has 0 aliphatic carbocycles. The maximum absolute atomic E-state index is 12.6. The Kier molecular flexibility index (Phi) is 4.02. The van der Waals surface area contributed by atoms with Gasteiger partial charge in [-0.2, -0.15) is 16.2 Å². The van der Waals surface area contributed by atoms with Gasteiger partial charge in [-0.1, -0.05) is 13.0 Å². The van der Waals surface area contributed by atoms with Crippen LogP contribution in [0.25, 0.3) is 0 Å². The molecule has 0 spiro atoms. The number of pyridine rings is 1. The van der Waals surface area contributed by atoms with Gasteiger partial charge < -0.3 is 5.32 Å². The van der Waals surface area contributed by atoms with Crippen LogP contribution in [0.3, 0.4) is 0 Å². The van der Waals surface area contributed by atoms with Gasteiger partial charge in [0.05, 0.1) is 0 Å². The molecule has 0 saturated carbocycles. The van der Waals surface area contributed by atoms with Gasteiger partial charge in [-0.25, -0.2) is 4.98 Å². The van der Waals surface area contributed by atoms with Gasteiger partial charge in [-0.15, -0.1) is 0 Å². The second-order valence-electron chi connectivity index (χ2n) is 2.77. The first-order valence-electron chi connectivity index (χ1n) is 4.11. The second-order valence-corrected chi connectivity index (χ2v) is 4.05. The second kappa shape index (κ2) is 5.07. The molecule has 4 heteroatoms. The summed E-state index contributed by atoms with van der Waals surface area (Å²) < 4.78 is 12.6. The molecule has 0 aliphatic rings. The molecule has 72 valence electrons. The summed E-state index contributed by atoms with van der Waals surface area (Å²) in [7, 11) is 0. The van der Waals surface area contributed by atoms with Gasteiger partial charge in [-0.3, -0.25) is 0 Å². The molecular weight excluding hydrogens is 187 g/mol. The zero-order chi connectivity index (χ0) is 9.68. The molecule has 0 amide bonds. The zero-order valence-corrected chi connectivity index (χ0v) is 8.57. The van der Waals surface area contributed by atoms with Crippen LogP contribution in [0.5, 0.6) is 0 Å². The van der Waals surface area contributed by atoms with Crippen molar-refractivity contribution in [2.24, 2.45) is 0 Å². The normalized spacial score (nSPS) is 12.5. The van der Waals surface area contributed by atoms with Gasteiger partial charge in [-0.05, 0) is 18.4 Å². The Morgan fingerprint density at radius 3 is 3.00 bits per heavy atom. The van der Waals surface area contributed by atoms with Crippen LogP contribution in [0.4, 0.5) is 10.2 Å². The number of nitrogens with one attached hydrogen (secondary N) is 1. The summed E-state index contributed by atoms with van der Waals surface area (Å²) in [4.78, 5) is 3.69. The Bertz CT molecular complexity index is 268. The molecule has 0 saturated heterocycles. The highest BCUT2D eigenvalue weighted by Crippen LogP contribution is 2.08. The fourth-order valence-electron chi connectivity index (χ4n) is 0.838. The van der Waals surface area contributed by atoms with E-state index < -0.39 is 5.95 Å². The van der Waals surface area contributed by atoms with Crippen molar-refractivity contribution in [1.82, 2.24) is 4.98 Å². The Labute approximate surface area is 81.9 Å². The molecule has 0 bridgehead atoms. The molecule has 1 aromatic heterocycles. The number of anilines is 1. The fourth-order valence-corrected chi connectivity index (χ4v) is 1.09. The quantitative estimate of drug-likeness (QED) is 0.755. The standard InChI is InChI=1S/C9H13FN2S/c1-7(13-2)6-11-9-5-3-4-8(10)12-9/h3-5,7H,6H2,1-2H3,(H,11,12). The minimum atomic E-state index is -0.443. The van der Waals surface area contributed by atoms with Crippen molar-refractivity contribution < 1.29 is 4.39 Å². The number of nitrogens with zero attached hydrogens (tertiary/aromatic N) is 1. The van der Waals surface area contributed by atoms with Gasteiger partial charge in [0.25, 0.3) is 0 Å². The lowest BCUT2D eigenvalue weighted by molar-refractivity contribution is 0.585. The van der Waals surface area contributed by atoms with Crippen molar-refractivity contribution in [3.05, 3.63) is 24.1 Å². The van der Waals surface area contributed by atoms with E-state index in [1.54, 1.807) is 23.9 Å². The average Bonchev–Trinajstić information content (AvgIpc) is 2.14. The number of rotatable bonds is 4. The summed E-state index contributed by atoms with van der Waals surface area (Å²) >= 11 is 1.76. The maximum atomic E-state index is 12.6. The fraction of sp³-hybridized carbons (Fsp3) is 0.444. The monoisotopic (exact) mass is 200 g/mol. The van der Waals surface area contributed by atoms with E-state index in [1.807, 2.05) is 6.26 Å². The maximum Gasteiger partial charge on any atom is 0.214 e. The summed E-state index contributed by atoms with van der Waals surface area (Å²) in [6.07, 6.45) is 2.05. The molecule has 0 aliphatic heterocycles. The topological polar surface area (TPSA) is 24.9 Å². The van der Waals surface area contributed by atoms with E-state index in [-0.39, 0.29) is 0 Å². The first-order valence-corrected chi connectivity index (χ1v) is 5.40. The van der Waals surface area contributed by atoms with Crippen LogP contribution in [0.1, 0.15) is 6.92 Å².